The number of hydrogen-bond donors (Lipinski definition) is 0. The molecule has 1 aliphatic heterocycles. The van der Waals surface area contributed by atoms with E-state index >= 15 is 0 Å². The smallest absolute Gasteiger partial charge is 0.247 e. The zero-order valence-corrected chi connectivity index (χ0v) is 16.1. The summed E-state index contributed by atoms with van der Waals surface area (Å²) in [7, 11) is 6.17. The van der Waals surface area contributed by atoms with E-state index in [1.807, 2.05) is 45.0 Å². The van der Waals surface area contributed by atoms with Gasteiger partial charge in [-0.3, -0.25) is 9.59 Å². The van der Waals surface area contributed by atoms with Gasteiger partial charge in [0, 0.05) is 6.42 Å². The summed E-state index contributed by atoms with van der Waals surface area (Å²) < 4.78 is 0. The second-order valence-electron chi connectivity index (χ2n) is 7.81. The number of carbonyl (C=O) groups is 2. The summed E-state index contributed by atoms with van der Waals surface area (Å²) in [6.45, 7) is 10.4. The zero-order chi connectivity index (χ0) is 18.1. The number of hydrogen-bond acceptors (Lipinski definition) is 3. The number of amides is 2. The van der Waals surface area contributed by atoms with Crippen LogP contribution in [0.5, 0.6) is 0 Å². The predicted octanol–water partition coefficient (Wildman–Crippen LogP) is 4.11. The number of benzene rings is 1. The number of imide groups is 1. The van der Waals surface area contributed by atoms with E-state index < -0.39 is 0 Å². The van der Waals surface area contributed by atoms with Crippen molar-refractivity contribution in [3.05, 3.63) is 29.8 Å². The lowest BCUT2D eigenvalue weighted by atomic mass is 9.62. The molecule has 5 heteroatoms. The van der Waals surface area contributed by atoms with Gasteiger partial charge in [-0.15, -0.1) is 11.8 Å². The fourth-order valence-corrected chi connectivity index (χ4v) is 4.42. The molecule has 24 heavy (non-hydrogen) atoms. The molecule has 1 heterocycles. The van der Waals surface area contributed by atoms with Crippen molar-refractivity contribution in [2.24, 2.45) is 0 Å². The lowest BCUT2D eigenvalue weighted by Crippen LogP contribution is -2.31. The van der Waals surface area contributed by atoms with Gasteiger partial charge in [-0.1, -0.05) is 52.1 Å². The molecule has 2 radical (unpaired) electrons. The molecule has 1 atom stereocenters. The number of rotatable bonds is 6. The largest absolute Gasteiger partial charge is 0.274 e. The zero-order valence-electron chi connectivity index (χ0n) is 15.3. The summed E-state index contributed by atoms with van der Waals surface area (Å²) in [6, 6.07) is 7.74. The molecule has 2 rings (SSSR count). The lowest BCUT2D eigenvalue weighted by molar-refractivity contribution is -0.121. The van der Waals surface area contributed by atoms with Crippen LogP contribution in [0.2, 0.25) is 5.31 Å². The quantitative estimate of drug-likeness (QED) is 0.576. The SMILES string of the molecule is [B]C(C)(C)CC(C)(C)c1ccc(N2C(=O)CC(SCC)C2=O)cc1. The van der Waals surface area contributed by atoms with Gasteiger partial charge in [0.1, 0.15) is 0 Å². The molecule has 2 amide bonds. The van der Waals surface area contributed by atoms with E-state index in [1.165, 1.54) is 16.7 Å². The molecule has 3 nitrogen and oxygen atoms in total. The van der Waals surface area contributed by atoms with Crippen LogP contribution in [0.3, 0.4) is 0 Å². The van der Waals surface area contributed by atoms with Crippen LogP contribution in [0, 0.1) is 0 Å². The summed E-state index contributed by atoms with van der Waals surface area (Å²) in [6.07, 6.45) is 1.14. The fourth-order valence-electron chi connectivity index (χ4n) is 3.51. The Morgan fingerprint density at radius 3 is 2.25 bits per heavy atom. The highest BCUT2D eigenvalue weighted by Crippen LogP contribution is 2.39. The maximum atomic E-state index is 12.4. The van der Waals surface area contributed by atoms with Crippen molar-refractivity contribution in [3.63, 3.8) is 0 Å². The first kappa shape index (κ1) is 19.1. The van der Waals surface area contributed by atoms with Crippen molar-refractivity contribution in [1.82, 2.24) is 0 Å². The van der Waals surface area contributed by atoms with Gasteiger partial charge in [0.25, 0.3) is 0 Å². The standard InChI is InChI=1S/C19H26BNO2S/c1-6-24-15-11-16(22)21(17(15)23)14-9-7-13(8-10-14)18(2,3)12-19(4,5)20/h7-10,15H,6,11-12H2,1-5H3. The van der Waals surface area contributed by atoms with Gasteiger partial charge in [-0.2, -0.15) is 0 Å². The van der Waals surface area contributed by atoms with Gasteiger partial charge < -0.3 is 0 Å². The normalized spacial score (nSPS) is 19.2. The van der Waals surface area contributed by atoms with E-state index in [2.05, 4.69) is 13.8 Å². The van der Waals surface area contributed by atoms with Gasteiger partial charge in [0.2, 0.25) is 11.8 Å². The maximum Gasteiger partial charge on any atom is 0.247 e. The van der Waals surface area contributed by atoms with Crippen LogP contribution in [0.25, 0.3) is 0 Å². The molecule has 1 aromatic rings. The lowest BCUT2D eigenvalue weighted by Gasteiger charge is -2.33. The molecule has 0 saturated carbocycles. The Morgan fingerprint density at radius 2 is 1.75 bits per heavy atom. The van der Waals surface area contributed by atoms with E-state index in [0.717, 1.165) is 17.7 Å². The Kier molecular flexibility index (Phi) is 5.53. The van der Waals surface area contributed by atoms with Crippen LogP contribution in [0.1, 0.15) is 53.0 Å². The van der Waals surface area contributed by atoms with Crippen LogP contribution in [-0.4, -0.2) is 30.7 Å². The molecule has 1 aliphatic rings. The molecule has 0 aliphatic carbocycles. The monoisotopic (exact) mass is 343 g/mol. The van der Waals surface area contributed by atoms with Crippen molar-refractivity contribution < 1.29 is 9.59 Å². The molecular formula is C19H26BNO2S. The Bertz CT molecular complexity index is 619. The highest BCUT2D eigenvalue weighted by molar-refractivity contribution is 8.00. The maximum absolute atomic E-state index is 12.4. The van der Waals surface area contributed by atoms with Crippen molar-refractivity contribution >= 4 is 37.1 Å². The number of thioether (sulfide) groups is 1. The third-order valence-electron chi connectivity index (χ3n) is 4.28. The first-order valence-electron chi connectivity index (χ1n) is 8.43. The summed E-state index contributed by atoms with van der Waals surface area (Å²) in [5.41, 5.74) is 1.75. The van der Waals surface area contributed by atoms with E-state index in [9.17, 15) is 9.59 Å². The van der Waals surface area contributed by atoms with Crippen LogP contribution >= 0.6 is 11.8 Å². The van der Waals surface area contributed by atoms with Gasteiger partial charge in [-0.05, 0) is 35.3 Å². The van der Waals surface area contributed by atoms with Crippen molar-refractivity contribution in [2.75, 3.05) is 10.7 Å². The first-order chi connectivity index (χ1) is 11.0. The topological polar surface area (TPSA) is 37.4 Å². The summed E-state index contributed by atoms with van der Waals surface area (Å²) in [4.78, 5) is 26.0. The number of anilines is 1. The Hall–Kier alpha value is -1.23. The Labute approximate surface area is 151 Å². The predicted molar refractivity (Wildman–Crippen MR) is 103 cm³/mol. The van der Waals surface area contributed by atoms with E-state index in [0.29, 0.717) is 12.1 Å². The molecule has 128 valence electrons. The van der Waals surface area contributed by atoms with Crippen molar-refractivity contribution in [1.29, 1.82) is 0 Å². The van der Waals surface area contributed by atoms with E-state index in [-0.39, 0.29) is 27.8 Å². The van der Waals surface area contributed by atoms with Crippen LogP contribution in [0.15, 0.2) is 24.3 Å². The number of nitrogens with zero attached hydrogens (tertiary/aromatic N) is 1. The molecule has 1 fully saturated rings. The van der Waals surface area contributed by atoms with Crippen molar-refractivity contribution in [2.45, 2.75) is 63.4 Å². The summed E-state index contributed by atoms with van der Waals surface area (Å²) in [5.74, 6) is 0.627. The van der Waals surface area contributed by atoms with E-state index in [1.54, 1.807) is 0 Å². The minimum Gasteiger partial charge on any atom is -0.274 e. The molecule has 0 aromatic heterocycles. The van der Waals surface area contributed by atoms with Gasteiger partial charge in [-0.25, -0.2) is 4.90 Å². The van der Waals surface area contributed by atoms with Gasteiger partial charge >= 0.3 is 0 Å². The Morgan fingerprint density at radius 1 is 1.17 bits per heavy atom. The van der Waals surface area contributed by atoms with Gasteiger partial charge in [0.15, 0.2) is 0 Å². The Balaban J connectivity index is 2.21. The summed E-state index contributed by atoms with van der Waals surface area (Å²) in [5, 5.41) is -0.496. The molecule has 0 bridgehead atoms. The molecule has 0 N–H and O–H groups in total. The average Bonchev–Trinajstić information content (AvgIpc) is 2.72. The van der Waals surface area contributed by atoms with Crippen LogP contribution in [0.4, 0.5) is 5.69 Å². The third-order valence-corrected chi connectivity index (χ3v) is 5.38. The molecule has 1 unspecified atom stereocenters. The van der Waals surface area contributed by atoms with Gasteiger partial charge in [0.05, 0.1) is 18.8 Å². The highest BCUT2D eigenvalue weighted by atomic mass is 32.2. The minimum absolute atomic E-state index is 0.0730. The van der Waals surface area contributed by atoms with E-state index in [4.69, 9.17) is 7.85 Å². The molecular weight excluding hydrogens is 317 g/mol. The second kappa shape index (κ2) is 6.95. The first-order valence-corrected chi connectivity index (χ1v) is 9.48. The van der Waals surface area contributed by atoms with Crippen LogP contribution in [-0.2, 0) is 15.0 Å². The van der Waals surface area contributed by atoms with Crippen molar-refractivity contribution in [3.8, 4) is 0 Å². The van der Waals surface area contributed by atoms with Crippen LogP contribution < -0.4 is 4.90 Å². The summed E-state index contributed by atoms with van der Waals surface area (Å²) >= 11 is 1.54. The molecule has 0 spiro atoms. The fraction of sp³-hybridized carbons (Fsp3) is 0.579. The third kappa shape index (κ3) is 4.24. The average molecular weight is 343 g/mol. The highest BCUT2D eigenvalue weighted by Gasteiger charge is 2.39. The second-order valence-corrected chi connectivity index (χ2v) is 9.29. The minimum atomic E-state index is -0.256. The molecule has 1 aromatic carbocycles. The number of carbonyl (C=O) groups excluding carboxylic acids is 2. The molecule has 1 saturated heterocycles.